The Balaban J connectivity index is 1.57. The predicted molar refractivity (Wildman–Crippen MR) is 96.6 cm³/mol. The maximum absolute atomic E-state index is 5.52. The molecule has 1 aromatic heterocycles. The molecule has 1 aromatic carbocycles. The molecule has 6 nitrogen and oxygen atoms in total. The van der Waals surface area contributed by atoms with Crippen molar-refractivity contribution in [3.8, 4) is 5.75 Å². The van der Waals surface area contributed by atoms with Gasteiger partial charge >= 0.3 is 0 Å². The van der Waals surface area contributed by atoms with Gasteiger partial charge in [0.15, 0.2) is 5.82 Å². The highest BCUT2D eigenvalue weighted by Gasteiger charge is 2.18. The van der Waals surface area contributed by atoms with Gasteiger partial charge in [-0.25, -0.2) is 0 Å². The van der Waals surface area contributed by atoms with E-state index in [0.717, 1.165) is 69.6 Å². The van der Waals surface area contributed by atoms with E-state index in [9.17, 15) is 0 Å². The molecule has 136 valence electrons. The molecule has 25 heavy (non-hydrogen) atoms. The molecule has 0 N–H and O–H groups in total. The Kier molecular flexibility index (Phi) is 6.04. The summed E-state index contributed by atoms with van der Waals surface area (Å²) in [6.45, 7) is 10.1. The maximum Gasteiger partial charge on any atom is 0.226 e. The van der Waals surface area contributed by atoms with Crippen molar-refractivity contribution in [1.29, 1.82) is 0 Å². The number of methoxy groups -OCH3 is 1. The molecule has 3 rings (SSSR count). The van der Waals surface area contributed by atoms with Crippen LogP contribution in [0.15, 0.2) is 22.7 Å². The van der Waals surface area contributed by atoms with E-state index in [2.05, 4.69) is 45.1 Å². The van der Waals surface area contributed by atoms with Gasteiger partial charge in [0.05, 0.1) is 13.7 Å². The molecule has 0 aliphatic carbocycles. The molecule has 0 saturated carbocycles. The molecular weight excluding hydrogens is 316 g/mol. The average Bonchev–Trinajstić information content (AvgIpc) is 2.95. The van der Waals surface area contributed by atoms with Gasteiger partial charge in [-0.15, -0.1) is 0 Å². The quantitative estimate of drug-likeness (QED) is 0.803. The summed E-state index contributed by atoms with van der Waals surface area (Å²) in [6.07, 6.45) is 1.94. The molecule has 0 spiro atoms. The number of nitrogens with zero attached hydrogens (tertiary/aromatic N) is 4. The first-order chi connectivity index (χ1) is 12.2. The summed E-state index contributed by atoms with van der Waals surface area (Å²) in [5.74, 6) is 2.49. The van der Waals surface area contributed by atoms with E-state index in [1.54, 1.807) is 7.11 Å². The second kappa shape index (κ2) is 8.45. The van der Waals surface area contributed by atoms with Crippen molar-refractivity contribution in [2.45, 2.75) is 39.8 Å². The number of rotatable bonds is 6. The predicted octanol–water partition coefficient (Wildman–Crippen LogP) is 2.66. The van der Waals surface area contributed by atoms with Gasteiger partial charge in [0.1, 0.15) is 5.75 Å². The highest BCUT2D eigenvalue weighted by Crippen LogP contribution is 2.22. The highest BCUT2D eigenvalue weighted by atomic mass is 16.5. The van der Waals surface area contributed by atoms with Crippen molar-refractivity contribution in [2.75, 3.05) is 33.3 Å². The molecule has 1 saturated heterocycles. The van der Waals surface area contributed by atoms with Crippen LogP contribution in [0.4, 0.5) is 0 Å². The van der Waals surface area contributed by atoms with E-state index in [1.165, 1.54) is 11.1 Å². The van der Waals surface area contributed by atoms with Crippen molar-refractivity contribution in [1.82, 2.24) is 19.9 Å². The van der Waals surface area contributed by atoms with Crippen LogP contribution < -0.4 is 4.74 Å². The van der Waals surface area contributed by atoms with Gasteiger partial charge in [-0.05, 0) is 32.5 Å². The minimum absolute atomic E-state index is 0.720. The van der Waals surface area contributed by atoms with Gasteiger partial charge in [-0.2, -0.15) is 4.98 Å². The summed E-state index contributed by atoms with van der Waals surface area (Å²) >= 11 is 0. The summed E-state index contributed by atoms with van der Waals surface area (Å²) in [7, 11) is 1.74. The fraction of sp³-hybridized carbons (Fsp3) is 0.579. The third-order valence-electron chi connectivity index (χ3n) is 4.69. The van der Waals surface area contributed by atoms with Gasteiger partial charge in [0.2, 0.25) is 5.89 Å². The molecule has 1 fully saturated rings. The zero-order valence-electron chi connectivity index (χ0n) is 15.5. The van der Waals surface area contributed by atoms with E-state index >= 15 is 0 Å². The Morgan fingerprint density at radius 2 is 1.88 bits per heavy atom. The largest absolute Gasteiger partial charge is 0.496 e. The van der Waals surface area contributed by atoms with E-state index in [-0.39, 0.29) is 0 Å². The lowest BCUT2D eigenvalue weighted by Gasteiger charge is -2.22. The molecule has 0 bridgehead atoms. The van der Waals surface area contributed by atoms with Crippen molar-refractivity contribution in [3.05, 3.63) is 41.0 Å². The second-order valence-electron chi connectivity index (χ2n) is 6.68. The van der Waals surface area contributed by atoms with Crippen molar-refractivity contribution >= 4 is 0 Å². The Morgan fingerprint density at radius 1 is 1.12 bits per heavy atom. The lowest BCUT2D eigenvalue weighted by Crippen LogP contribution is -2.30. The summed E-state index contributed by atoms with van der Waals surface area (Å²) < 4.78 is 10.7. The fourth-order valence-corrected chi connectivity index (χ4v) is 3.31. The monoisotopic (exact) mass is 344 g/mol. The van der Waals surface area contributed by atoms with E-state index in [1.807, 2.05) is 6.92 Å². The summed E-state index contributed by atoms with van der Waals surface area (Å²) in [5, 5.41) is 4.07. The molecule has 2 aromatic rings. The van der Waals surface area contributed by atoms with Crippen LogP contribution in [0.2, 0.25) is 0 Å². The molecule has 0 atom stereocenters. The Labute approximate surface area is 149 Å². The molecule has 6 heteroatoms. The molecular formula is C19H28N4O2. The van der Waals surface area contributed by atoms with Crippen LogP contribution in [0, 0.1) is 6.92 Å². The summed E-state index contributed by atoms with van der Waals surface area (Å²) in [6, 6.07) is 6.39. The smallest absolute Gasteiger partial charge is 0.226 e. The number of benzene rings is 1. The average molecular weight is 344 g/mol. The number of aromatic nitrogens is 2. The van der Waals surface area contributed by atoms with Crippen LogP contribution in [0.5, 0.6) is 5.75 Å². The third-order valence-corrected chi connectivity index (χ3v) is 4.69. The standard InChI is InChI=1S/C19H28N4O2/c1-4-19-20-18(21-25-19)14-23-9-5-8-22(10-11-23)13-16-12-15(2)6-7-17(16)24-3/h6-7,12H,4-5,8-11,13-14H2,1-3H3. The van der Waals surface area contributed by atoms with Crippen molar-refractivity contribution < 1.29 is 9.26 Å². The van der Waals surface area contributed by atoms with E-state index in [0.29, 0.717) is 0 Å². The highest BCUT2D eigenvalue weighted by molar-refractivity contribution is 5.36. The molecule has 0 unspecified atom stereocenters. The number of aryl methyl sites for hydroxylation is 2. The minimum Gasteiger partial charge on any atom is -0.496 e. The summed E-state index contributed by atoms with van der Waals surface area (Å²) in [5.41, 5.74) is 2.54. The molecule has 1 aliphatic rings. The van der Waals surface area contributed by atoms with Gasteiger partial charge < -0.3 is 9.26 Å². The minimum atomic E-state index is 0.720. The molecule has 1 aliphatic heterocycles. The molecule has 0 amide bonds. The van der Waals surface area contributed by atoms with Crippen LogP contribution in [0.25, 0.3) is 0 Å². The molecule has 0 radical (unpaired) electrons. The summed E-state index contributed by atoms with van der Waals surface area (Å²) in [4.78, 5) is 9.34. The van der Waals surface area contributed by atoms with E-state index in [4.69, 9.17) is 9.26 Å². The van der Waals surface area contributed by atoms with Crippen molar-refractivity contribution in [2.24, 2.45) is 0 Å². The van der Waals surface area contributed by atoms with Crippen LogP contribution in [-0.4, -0.2) is 53.2 Å². The lowest BCUT2D eigenvalue weighted by atomic mass is 10.1. The number of hydrogen-bond donors (Lipinski definition) is 0. The fourth-order valence-electron chi connectivity index (χ4n) is 3.31. The van der Waals surface area contributed by atoms with E-state index < -0.39 is 0 Å². The number of hydrogen-bond acceptors (Lipinski definition) is 6. The first-order valence-corrected chi connectivity index (χ1v) is 9.07. The maximum atomic E-state index is 5.52. The Bertz CT molecular complexity index is 686. The van der Waals surface area contributed by atoms with Gasteiger partial charge in [0, 0.05) is 31.6 Å². The Hall–Kier alpha value is -1.92. The first kappa shape index (κ1) is 17.9. The Morgan fingerprint density at radius 3 is 2.56 bits per heavy atom. The SMILES string of the molecule is CCc1nc(CN2CCCN(Cc3cc(C)ccc3OC)CC2)no1. The zero-order valence-corrected chi connectivity index (χ0v) is 15.5. The van der Waals surface area contributed by atoms with Crippen LogP contribution in [0.3, 0.4) is 0 Å². The van der Waals surface area contributed by atoms with Crippen LogP contribution in [-0.2, 0) is 19.5 Å². The van der Waals surface area contributed by atoms with Crippen LogP contribution >= 0.6 is 0 Å². The first-order valence-electron chi connectivity index (χ1n) is 9.07. The second-order valence-corrected chi connectivity index (χ2v) is 6.68. The van der Waals surface area contributed by atoms with Gasteiger partial charge in [-0.3, -0.25) is 9.80 Å². The third kappa shape index (κ3) is 4.80. The van der Waals surface area contributed by atoms with Crippen molar-refractivity contribution in [3.63, 3.8) is 0 Å². The number of ether oxygens (including phenoxy) is 1. The van der Waals surface area contributed by atoms with Gasteiger partial charge in [0.25, 0.3) is 0 Å². The lowest BCUT2D eigenvalue weighted by molar-refractivity contribution is 0.239. The normalized spacial score (nSPS) is 16.8. The topological polar surface area (TPSA) is 54.6 Å². The zero-order chi connectivity index (χ0) is 17.6. The molecule has 2 heterocycles. The van der Waals surface area contributed by atoms with Gasteiger partial charge in [-0.1, -0.05) is 29.8 Å². The van der Waals surface area contributed by atoms with Crippen LogP contribution in [0.1, 0.15) is 36.2 Å².